The third-order valence-corrected chi connectivity index (χ3v) is 6.14. The molecule has 0 saturated heterocycles. The van der Waals surface area contributed by atoms with E-state index in [9.17, 15) is 8.42 Å². The summed E-state index contributed by atoms with van der Waals surface area (Å²) in [5.41, 5.74) is 2.04. The van der Waals surface area contributed by atoms with Crippen LogP contribution in [0.3, 0.4) is 0 Å². The topological polar surface area (TPSA) is 73.2 Å². The molecule has 2 aromatic heterocycles. The van der Waals surface area contributed by atoms with Crippen LogP contribution in [0.4, 0.5) is 0 Å². The van der Waals surface area contributed by atoms with Gasteiger partial charge in [0.2, 0.25) is 0 Å². The first-order valence-electron chi connectivity index (χ1n) is 6.95. The molecule has 2 rings (SSSR count). The van der Waals surface area contributed by atoms with Gasteiger partial charge in [-0.15, -0.1) is 11.3 Å². The molecule has 2 heterocycles. The van der Waals surface area contributed by atoms with Crippen LogP contribution in [0.15, 0.2) is 21.7 Å². The van der Waals surface area contributed by atoms with E-state index in [1.807, 2.05) is 31.5 Å². The summed E-state index contributed by atoms with van der Waals surface area (Å²) in [7, 11) is -2.07. The van der Waals surface area contributed by atoms with Gasteiger partial charge in [0.25, 0.3) is 10.0 Å². The smallest absolute Gasteiger partial charge is 0.253 e. The zero-order valence-electron chi connectivity index (χ0n) is 13.2. The van der Waals surface area contributed by atoms with Gasteiger partial charge in [-0.25, -0.2) is 13.1 Å². The molecule has 0 aromatic carbocycles. The van der Waals surface area contributed by atoms with Gasteiger partial charge in [0, 0.05) is 18.8 Å². The molecule has 8 heteroatoms. The Morgan fingerprint density at radius 2 is 2.18 bits per heavy atom. The summed E-state index contributed by atoms with van der Waals surface area (Å²) in [6, 6.07) is 3.66. The van der Waals surface area contributed by atoms with Crippen molar-refractivity contribution in [2.75, 3.05) is 13.7 Å². The lowest BCUT2D eigenvalue weighted by molar-refractivity contribution is 0.405. The lowest BCUT2D eigenvalue weighted by atomic mass is 10.2. The van der Waals surface area contributed by atoms with Gasteiger partial charge in [-0.3, -0.25) is 4.68 Å². The van der Waals surface area contributed by atoms with Crippen molar-refractivity contribution in [3.63, 3.8) is 0 Å². The number of nitrogens with zero attached hydrogens (tertiary/aromatic N) is 2. The van der Waals surface area contributed by atoms with Crippen molar-refractivity contribution in [2.45, 2.75) is 31.5 Å². The fourth-order valence-electron chi connectivity index (χ4n) is 2.17. The van der Waals surface area contributed by atoms with Gasteiger partial charge < -0.3 is 4.74 Å². The van der Waals surface area contributed by atoms with Crippen LogP contribution >= 0.6 is 11.3 Å². The average molecular weight is 343 g/mol. The Hall–Kier alpha value is -1.38. The number of ether oxygens (including phenoxy) is 1. The first-order chi connectivity index (χ1) is 10.3. The third kappa shape index (κ3) is 3.88. The quantitative estimate of drug-likeness (QED) is 0.836. The maximum absolute atomic E-state index is 12.3. The van der Waals surface area contributed by atoms with Crippen LogP contribution in [0.2, 0.25) is 0 Å². The van der Waals surface area contributed by atoms with Gasteiger partial charge >= 0.3 is 0 Å². The molecule has 2 aromatic rings. The van der Waals surface area contributed by atoms with E-state index in [1.54, 1.807) is 11.4 Å². The van der Waals surface area contributed by atoms with E-state index in [2.05, 4.69) is 9.82 Å². The summed E-state index contributed by atoms with van der Waals surface area (Å²) in [5, 5.41) is 6.09. The Bertz CT molecular complexity index is 734. The Morgan fingerprint density at radius 1 is 1.45 bits per heavy atom. The summed E-state index contributed by atoms with van der Waals surface area (Å²) in [4.78, 5) is 0. The van der Waals surface area contributed by atoms with E-state index in [0.29, 0.717) is 18.8 Å². The summed E-state index contributed by atoms with van der Waals surface area (Å²) < 4.78 is 34.4. The molecular weight excluding hydrogens is 322 g/mol. The molecule has 0 fully saturated rings. The Kier molecular flexibility index (Phi) is 5.25. The maximum Gasteiger partial charge on any atom is 0.253 e. The lowest BCUT2D eigenvalue weighted by Gasteiger charge is -2.14. The molecular formula is C14H21N3O3S2. The molecule has 0 amide bonds. The van der Waals surface area contributed by atoms with E-state index in [1.165, 1.54) is 7.11 Å². The van der Waals surface area contributed by atoms with Gasteiger partial charge in [-0.1, -0.05) is 6.92 Å². The van der Waals surface area contributed by atoms with Crippen LogP contribution < -0.4 is 9.46 Å². The number of hydrogen-bond donors (Lipinski definition) is 1. The van der Waals surface area contributed by atoms with Crippen LogP contribution in [0.5, 0.6) is 5.75 Å². The Balaban J connectivity index is 1.98. The van der Waals surface area contributed by atoms with Crippen LogP contribution in [0.1, 0.15) is 18.3 Å². The highest BCUT2D eigenvalue weighted by molar-refractivity contribution is 7.91. The largest absolute Gasteiger partial charge is 0.494 e. The van der Waals surface area contributed by atoms with E-state index < -0.39 is 10.0 Å². The first-order valence-corrected chi connectivity index (χ1v) is 9.32. The molecule has 0 saturated carbocycles. The number of hydrogen-bond acceptors (Lipinski definition) is 5. The molecule has 22 heavy (non-hydrogen) atoms. The molecule has 1 unspecified atom stereocenters. The second kappa shape index (κ2) is 6.80. The van der Waals surface area contributed by atoms with Crippen molar-refractivity contribution >= 4 is 21.4 Å². The van der Waals surface area contributed by atoms with Crippen molar-refractivity contribution in [3.8, 4) is 5.75 Å². The second-order valence-electron chi connectivity index (χ2n) is 5.34. The highest BCUT2D eigenvalue weighted by Gasteiger charge is 2.21. The van der Waals surface area contributed by atoms with Gasteiger partial charge in [-0.05, 0) is 37.3 Å². The lowest BCUT2D eigenvalue weighted by Crippen LogP contribution is -2.30. The van der Waals surface area contributed by atoms with Crippen LogP contribution in [-0.4, -0.2) is 31.9 Å². The first kappa shape index (κ1) is 17.0. The predicted octanol–water partition coefficient (Wildman–Crippen LogP) is 2.18. The number of nitrogens with one attached hydrogen (secondary N) is 1. The minimum Gasteiger partial charge on any atom is -0.494 e. The molecule has 122 valence electrons. The zero-order valence-corrected chi connectivity index (χ0v) is 14.8. The number of aromatic nitrogens is 2. The third-order valence-electron chi connectivity index (χ3n) is 3.27. The molecule has 0 spiro atoms. The number of aryl methyl sites for hydroxylation is 2. The average Bonchev–Trinajstić information content (AvgIpc) is 3.04. The van der Waals surface area contributed by atoms with E-state index in [-0.39, 0.29) is 10.1 Å². The van der Waals surface area contributed by atoms with Crippen molar-refractivity contribution in [3.05, 3.63) is 28.9 Å². The fraction of sp³-hybridized carbons (Fsp3) is 0.500. The number of rotatable bonds is 7. The highest BCUT2D eigenvalue weighted by Crippen LogP contribution is 2.29. The Labute approximate surface area is 135 Å². The van der Waals surface area contributed by atoms with Crippen molar-refractivity contribution in [1.29, 1.82) is 0 Å². The normalized spacial score (nSPS) is 13.3. The number of methoxy groups -OCH3 is 1. The molecule has 0 radical (unpaired) electrons. The molecule has 0 aliphatic carbocycles. The molecule has 1 atom stereocenters. The molecule has 0 aliphatic rings. The molecule has 0 aliphatic heterocycles. The molecule has 6 nitrogen and oxygen atoms in total. The van der Waals surface area contributed by atoms with Gasteiger partial charge in [0.05, 0.1) is 12.8 Å². The monoisotopic (exact) mass is 343 g/mol. The van der Waals surface area contributed by atoms with Gasteiger partial charge in [0.15, 0.2) is 4.21 Å². The highest BCUT2D eigenvalue weighted by atomic mass is 32.2. The SMILES string of the molecule is COc1ccsc1S(=O)(=O)NCC(C)Cn1nc(C)cc1C. The maximum atomic E-state index is 12.3. The summed E-state index contributed by atoms with van der Waals surface area (Å²) >= 11 is 1.15. The minimum absolute atomic E-state index is 0.124. The van der Waals surface area contributed by atoms with Crippen molar-refractivity contribution < 1.29 is 13.2 Å². The molecule has 0 bridgehead atoms. The standard InChI is InChI=1S/C14H21N3O3S2/c1-10(9-17-12(3)7-11(2)16-17)8-15-22(18,19)14-13(20-4)5-6-21-14/h5-7,10,15H,8-9H2,1-4H3. The van der Waals surface area contributed by atoms with Crippen LogP contribution in [-0.2, 0) is 16.6 Å². The minimum atomic E-state index is -3.54. The molecule has 1 N–H and O–H groups in total. The number of sulfonamides is 1. The van der Waals surface area contributed by atoms with Gasteiger partial charge in [0.1, 0.15) is 5.75 Å². The Morgan fingerprint density at radius 3 is 2.77 bits per heavy atom. The van der Waals surface area contributed by atoms with Crippen molar-refractivity contribution in [2.24, 2.45) is 5.92 Å². The van der Waals surface area contributed by atoms with Crippen molar-refractivity contribution in [1.82, 2.24) is 14.5 Å². The zero-order chi connectivity index (χ0) is 16.3. The fourth-order valence-corrected chi connectivity index (χ4v) is 4.65. The van der Waals surface area contributed by atoms with Crippen LogP contribution in [0.25, 0.3) is 0 Å². The van der Waals surface area contributed by atoms with E-state index >= 15 is 0 Å². The predicted molar refractivity (Wildman–Crippen MR) is 86.9 cm³/mol. The van der Waals surface area contributed by atoms with Crippen LogP contribution in [0, 0.1) is 19.8 Å². The summed E-state index contributed by atoms with van der Waals surface area (Å²) in [6.07, 6.45) is 0. The number of thiophene rings is 1. The summed E-state index contributed by atoms with van der Waals surface area (Å²) in [5.74, 6) is 0.502. The van der Waals surface area contributed by atoms with Gasteiger partial charge in [-0.2, -0.15) is 5.10 Å². The van der Waals surface area contributed by atoms with E-state index in [4.69, 9.17) is 4.74 Å². The van der Waals surface area contributed by atoms with E-state index in [0.717, 1.165) is 22.7 Å². The summed E-state index contributed by atoms with van der Waals surface area (Å²) in [6.45, 7) is 6.95. The second-order valence-corrected chi connectivity index (χ2v) is 8.22.